The lowest BCUT2D eigenvalue weighted by Gasteiger charge is -2.11. The molecule has 0 spiro atoms. The Labute approximate surface area is 118 Å². The highest BCUT2D eigenvalue weighted by Crippen LogP contribution is 2.22. The van der Waals surface area contributed by atoms with Crippen molar-refractivity contribution in [3.05, 3.63) is 45.1 Å². The van der Waals surface area contributed by atoms with Crippen molar-refractivity contribution in [3.8, 4) is 0 Å². The number of carbonyl (C=O) groups is 1. The average molecular weight is 299 g/mol. The number of halogens is 2. The number of hydrogen-bond acceptors (Lipinski definition) is 4. The smallest absolute Gasteiger partial charge is 0.343 e. The largest absolute Gasteiger partial charge is 0.462 e. The quantitative estimate of drug-likeness (QED) is 0.884. The monoisotopic (exact) mass is 298 g/mol. The number of fused-ring (bicyclic) bond motifs is 1. The van der Waals surface area contributed by atoms with Gasteiger partial charge in [-0.25, -0.2) is 9.18 Å². The van der Waals surface area contributed by atoms with Crippen molar-refractivity contribution in [2.24, 2.45) is 0 Å². The lowest BCUT2D eigenvalue weighted by molar-refractivity contribution is 0.0524. The third-order valence-electron chi connectivity index (χ3n) is 2.77. The van der Waals surface area contributed by atoms with Gasteiger partial charge in [0.25, 0.3) is 5.56 Å². The zero-order valence-electron chi connectivity index (χ0n) is 10.9. The SMILES string of the molecule is CCOC(=O)c1cc(NC)c2cc(Cl)c(F)cn2c1=O. The molecule has 0 aromatic carbocycles. The van der Waals surface area contributed by atoms with Crippen molar-refractivity contribution >= 4 is 28.8 Å². The Morgan fingerprint density at radius 2 is 2.20 bits per heavy atom. The molecule has 0 atom stereocenters. The van der Waals surface area contributed by atoms with E-state index < -0.39 is 17.3 Å². The molecule has 2 rings (SSSR count). The van der Waals surface area contributed by atoms with E-state index in [4.69, 9.17) is 16.3 Å². The van der Waals surface area contributed by atoms with Crippen LogP contribution in [0, 0.1) is 5.82 Å². The van der Waals surface area contributed by atoms with Gasteiger partial charge in [-0.15, -0.1) is 0 Å². The molecule has 0 radical (unpaired) electrons. The fourth-order valence-corrected chi connectivity index (χ4v) is 2.00. The molecule has 1 N–H and O–H groups in total. The van der Waals surface area contributed by atoms with Crippen LogP contribution in [0.4, 0.5) is 10.1 Å². The van der Waals surface area contributed by atoms with E-state index in [1.54, 1.807) is 14.0 Å². The number of anilines is 1. The first kappa shape index (κ1) is 14.3. The molecule has 0 fully saturated rings. The molecule has 2 aromatic heterocycles. The van der Waals surface area contributed by atoms with E-state index in [0.717, 1.165) is 10.6 Å². The van der Waals surface area contributed by atoms with Crippen LogP contribution in [0.5, 0.6) is 0 Å². The highest BCUT2D eigenvalue weighted by Gasteiger charge is 2.17. The molecule has 2 heterocycles. The van der Waals surface area contributed by atoms with Gasteiger partial charge in [0.2, 0.25) is 0 Å². The molecule has 0 unspecified atom stereocenters. The van der Waals surface area contributed by atoms with E-state index in [-0.39, 0.29) is 17.2 Å². The second-order valence-corrected chi connectivity index (χ2v) is 4.38. The van der Waals surface area contributed by atoms with Gasteiger partial charge in [0.1, 0.15) is 5.56 Å². The molecule has 20 heavy (non-hydrogen) atoms. The van der Waals surface area contributed by atoms with Crippen molar-refractivity contribution in [2.45, 2.75) is 6.92 Å². The molecule has 7 heteroatoms. The Morgan fingerprint density at radius 1 is 1.50 bits per heavy atom. The van der Waals surface area contributed by atoms with Crippen LogP contribution in [0.25, 0.3) is 5.52 Å². The van der Waals surface area contributed by atoms with E-state index >= 15 is 0 Å². The zero-order chi connectivity index (χ0) is 14.9. The second-order valence-electron chi connectivity index (χ2n) is 3.97. The first-order chi connectivity index (χ1) is 9.49. The van der Waals surface area contributed by atoms with Crippen molar-refractivity contribution in [2.75, 3.05) is 19.0 Å². The fourth-order valence-electron chi connectivity index (χ4n) is 1.84. The summed E-state index contributed by atoms with van der Waals surface area (Å²) in [6.45, 7) is 1.78. The molecule has 0 aliphatic heterocycles. The Morgan fingerprint density at radius 3 is 2.80 bits per heavy atom. The van der Waals surface area contributed by atoms with Crippen LogP contribution in [0.3, 0.4) is 0 Å². The molecule has 0 aliphatic rings. The fraction of sp³-hybridized carbons (Fsp3) is 0.231. The summed E-state index contributed by atoms with van der Waals surface area (Å²) in [5, 5.41) is 2.73. The Bertz CT molecular complexity index is 742. The van der Waals surface area contributed by atoms with E-state index in [0.29, 0.717) is 11.2 Å². The van der Waals surface area contributed by atoms with Gasteiger partial charge >= 0.3 is 5.97 Å². The lowest BCUT2D eigenvalue weighted by atomic mass is 10.2. The molecule has 106 valence electrons. The normalized spacial score (nSPS) is 10.6. The van der Waals surface area contributed by atoms with Crippen molar-refractivity contribution in [3.63, 3.8) is 0 Å². The topological polar surface area (TPSA) is 59.8 Å². The van der Waals surface area contributed by atoms with Gasteiger partial charge in [-0.1, -0.05) is 11.6 Å². The second kappa shape index (κ2) is 5.50. The van der Waals surface area contributed by atoms with Crippen LogP contribution in [-0.2, 0) is 4.74 Å². The third kappa shape index (κ3) is 2.34. The minimum atomic E-state index is -0.751. The summed E-state index contributed by atoms with van der Waals surface area (Å²) >= 11 is 5.71. The average Bonchev–Trinajstić information content (AvgIpc) is 2.42. The maximum atomic E-state index is 13.5. The van der Waals surface area contributed by atoms with Crippen LogP contribution in [-0.4, -0.2) is 24.0 Å². The van der Waals surface area contributed by atoms with Gasteiger partial charge in [-0.05, 0) is 19.1 Å². The van der Waals surface area contributed by atoms with Gasteiger partial charge in [0.15, 0.2) is 5.82 Å². The van der Waals surface area contributed by atoms with Crippen LogP contribution in [0.1, 0.15) is 17.3 Å². The molecule has 5 nitrogen and oxygen atoms in total. The van der Waals surface area contributed by atoms with Crippen LogP contribution >= 0.6 is 11.6 Å². The maximum absolute atomic E-state index is 13.5. The summed E-state index contributed by atoms with van der Waals surface area (Å²) in [5.74, 6) is -1.50. The first-order valence-electron chi connectivity index (χ1n) is 5.88. The Kier molecular flexibility index (Phi) is 3.94. The number of esters is 1. The molecule has 0 amide bonds. The van der Waals surface area contributed by atoms with Gasteiger partial charge in [0.05, 0.1) is 29.0 Å². The third-order valence-corrected chi connectivity index (χ3v) is 3.06. The zero-order valence-corrected chi connectivity index (χ0v) is 11.6. The van der Waals surface area contributed by atoms with E-state index in [9.17, 15) is 14.0 Å². The summed E-state index contributed by atoms with van der Waals surface area (Å²) in [4.78, 5) is 23.9. The van der Waals surface area contributed by atoms with Crippen molar-refractivity contribution in [1.29, 1.82) is 0 Å². The highest BCUT2D eigenvalue weighted by molar-refractivity contribution is 6.31. The molecule has 2 aromatic rings. The minimum absolute atomic E-state index is 0.107. The molecule has 0 saturated carbocycles. The van der Waals surface area contributed by atoms with Gasteiger partial charge in [-0.3, -0.25) is 9.20 Å². The predicted molar refractivity (Wildman–Crippen MR) is 74.1 cm³/mol. The number of nitrogens with zero attached hydrogens (tertiary/aromatic N) is 1. The molecular weight excluding hydrogens is 287 g/mol. The van der Waals surface area contributed by atoms with Crippen LogP contribution in [0.2, 0.25) is 5.02 Å². The number of rotatable bonds is 3. The molecule has 0 aliphatic carbocycles. The number of nitrogens with one attached hydrogen (secondary N) is 1. The lowest BCUT2D eigenvalue weighted by Crippen LogP contribution is -2.24. The molecule has 0 bridgehead atoms. The minimum Gasteiger partial charge on any atom is -0.462 e. The predicted octanol–water partition coefficient (Wildman–Crippen LogP) is 2.31. The number of ether oxygens (including phenoxy) is 1. The Hall–Kier alpha value is -2.08. The summed E-state index contributed by atoms with van der Waals surface area (Å²) in [7, 11) is 1.62. The maximum Gasteiger partial charge on any atom is 0.343 e. The standard InChI is InChI=1S/C13H12ClFN2O3/c1-3-20-13(19)7-4-10(16-2)11-5-8(14)9(15)6-17(11)12(7)18/h4-6,16H,3H2,1-2H3. The van der Waals surface area contributed by atoms with Crippen molar-refractivity contribution < 1.29 is 13.9 Å². The first-order valence-corrected chi connectivity index (χ1v) is 6.26. The van der Waals surface area contributed by atoms with E-state index in [1.165, 1.54) is 12.1 Å². The van der Waals surface area contributed by atoms with Crippen LogP contribution < -0.4 is 10.9 Å². The molecule has 0 saturated heterocycles. The van der Waals surface area contributed by atoms with Crippen molar-refractivity contribution in [1.82, 2.24) is 4.40 Å². The van der Waals surface area contributed by atoms with Crippen LogP contribution in [0.15, 0.2) is 23.1 Å². The number of hydrogen-bond donors (Lipinski definition) is 1. The summed E-state index contributed by atoms with van der Waals surface area (Å²) in [6, 6.07) is 2.68. The van der Waals surface area contributed by atoms with Gasteiger partial charge in [-0.2, -0.15) is 0 Å². The van der Waals surface area contributed by atoms with Gasteiger partial charge < -0.3 is 10.1 Å². The van der Waals surface area contributed by atoms with E-state index in [1.807, 2.05) is 0 Å². The summed E-state index contributed by atoms with van der Waals surface area (Å²) in [6.07, 6.45) is 0.948. The number of carbonyl (C=O) groups excluding carboxylic acids is 1. The highest BCUT2D eigenvalue weighted by atomic mass is 35.5. The molecular formula is C13H12ClFN2O3. The summed E-state index contributed by atoms with van der Waals surface area (Å²) in [5.41, 5.74) is 0.00920. The Balaban J connectivity index is 2.81. The van der Waals surface area contributed by atoms with E-state index in [2.05, 4.69) is 5.32 Å². The summed E-state index contributed by atoms with van der Waals surface area (Å²) < 4.78 is 19.4. The van der Waals surface area contributed by atoms with Gasteiger partial charge in [0, 0.05) is 7.05 Å². The number of aromatic nitrogens is 1. The number of pyridine rings is 2.